The van der Waals surface area contributed by atoms with Gasteiger partial charge in [0.1, 0.15) is 5.25 Å². The molecule has 6 heteroatoms. The van der Waals surface area contributed by atoms with Crippen LogP contribution in [0.25, 0.3) is 0 Å². The van der Waals surface area contributed by atoms with Gasteiger partial charge in [0.15, 0.2) is 0 Å². The van der Waals surface area contributed by atoms with E-state index in [2.05, 4.69) is 15.0 Å². The predicted molar refractivity (Wildman–Crippen MR) is 75.2 cm³/mol. The van der Waals surface area contributed by atoms with Crippen molar-refractivity contribution in [3.63, 3.8) is 0 Å². The number of piperidine rings is 1. The first kappa shape index (κ1) is 14.4. The van der Waals surface area contributed by atoms with E-state index in [0.717, 1.165) is 25.9 Å². The summed E-state index contributed by atoms with van der Waals surface area (Å²) in [6.45, 7) is 4.15. The Morgan fingerprint density at radius 2 is 2.16 bits per heavy atom. The average Bonchev–Trinajstić information content (AvgIpc) is 2.46. The van der Waals surface area contributed by atoms with Crippen LogP contribution >= 0.6 is 0 Å². The van der Waals surface area contributed by atoms with E-state index in [1.165, 1.54) is 0 Å². The third kappa shape index (κ3) is 3.99. The molecule has 106 valence electrons. The van der Waals surface area contributed by atoms with Crippen molar-refractivity contribution >= 4 is 10.0 Å². The van der Waals surface area contributed by atoms with Crippen molar-refractivity contribution in [3.8, 4) is 0 Å². The number of sulfonamides is 1. The number of rotatable bonds is 5. The third-order valence-electron chi connectivity index (χ3n) is 3.60. The Morgan fingerprint density at radius 3 is 2.79 bits per heavy atom. The van der Waals surface area contributed by atoms with Crippen LogP contribution in [0, 0.1) is 5.92 Å². The molecule has 0 aliphatic carbocycles. The van der Waals surface area contributed by atoms with Crippen LogP contribution in [-0.2, 0) is 10.0 Å². The number of aromatic nitrogens is 1. The monoisotopic (exact) mass is 283 g/mol. The lowest BCUT2D eigenvalue weighted by Crippen LogP contribution is -2.37. The fraction of sp³-hybridized carbons (Fsp3) is 0.615. The number of hydrogen-bond donors (Lipinski definition) is 2. The van der Waals surface area contributed by atoms with Gasteiger partial charge in [-0.3, -0.25) is 4.98 Å². The lowest BCUT2D eigenvalue weighted by atomic mass is 9.99. The second kappa shape index (κ2) is 6.45. The highest BCUT2D eigenvalue weighted by molar-refractivity contribution is 7.89. The molecule has 0 amide bonds. The zero-order valence-corrected chi connectivity index (χ0v) is 12.0. The van der Waals surface area contributed by atoms with Crippen molar-refractivity contribution < 1.29 is 8.42 Å². The number of nitrogens with one attached hydrogen (secondary N) is 2. The quantitative estimate of drug-likeness (QED) is 0.848. The highest BCUT2D eigenvalue weighted by Crippen LogP contribution is 2.19. The van der Waals surface area contributed by atoms with Crippen LogP contribution in [0.15, 0.2) is 24.4 Å². The maximum atomic E-state index is 12.2. The summed E-state index contributed by atoms with van der Waals surface area (Å²) in [6.07, 6.45) is 3.68. The second-order valence-electron chi connectivity index (χ2n) is 4.98. The van der Waals surface area contributed by atoms with Crippen LogP contribution < -0.4 is 10.0 Å². The first-order valence-electron chi connectivity index (χ1n) is 6.70. The molecule has 0 unspecified atom stereocenters. The van der Waals surface area contributed by atoms with Crippen molar-refractivity contribution in [3.05, 3.63) is 30.1 Å². The van der Waals surface area contributed by atoms with E-state index in [9.17, 15) is 8.42 Å². The first-order chi connectivity index (χ1) is 9.09. The van der Waals surface area contributed by atoms with Crippen molar-refractivity contribution in [2.24, 2.45) is 5.92 Å². The predicted octanol–water partition coefficient (Wildman–Crippen LogP) is 1.06. The Balaban J connectivity index is 1.94. The molecule has 0 radical (unpaired) electrons. The molecule has 2 heterocycles. The molecule has 1 aliphatic heterocycles. The molecule has 0 spiro atoms. The minimum absolute atomic E-state index is 0.437. The van der Waals surface area contributed by atoms with Gasteiger partial charge >= 0.3 is 0 Å². The van der Waals surface area contributed by atoms with E-state index in [4.69, 9.17) is 0 Å². The smallest absolute Gasteiger partial charge is 0.219 e. The third-order valence-corrected chi connectivity index (χ3v) is 5.34. The van der Waals surface area contributed by atoms with Gasteiger partial charge in [-0.25, -0.2) is 13.1 Å². The largest absolute Gasteiger partial charge is 0.317 e. The number of hydrogen-bond acceptors (Lipinski definition) is 4. The van der Waals surface area contributed by atoms with Gasteiger partial charge in [0, 0.05) is 12.7 Å². The van der Waals surface area contributed by atoms with E-state index in [0.29, 0.717) is 18.2 Å². The minimum atomic E-state index is -3.35. The Hall–Kier alpha value is -0.980. The summed E-state index contributed by atoms with van der Waals surface area (Å²) in [5, 5.41) is 2.66. The highest BCUT2D eigenvalue weighted by atomic mass is 32.2. The summed E-state index contributed by atoms with van der Waals surface area (Å²) >= 11 is 0. The van der Waals surface area contributed by atoms with Crippen LogP contribution in [-0.4, -0.2) is 33.0 Å². The fourth-order valence-electron chi connectivity index (χ4n) is 2.22. The van der Waals surface area contributed by atoms with Crippen molar-refractivity contribution in [2.45, 2.75) is 25.0 Å². The standard InChI is InChI=1S/C13H21N3O2S/c1-11(13-4-2-3-7-15-13)19(17,18)16-10-12-5-8-14-9-6-12/h2-4,7,11-12,14,16H,5-6,8-10H2,1H3/t11-/m0/s1. The molecule has 1 aliphatic rings. The maximum absolute atomic E-state index is 12.2. The van der Waals surface area contributed by atoms with Crippen LogP contribution in [0.1, 0.15) is 30.7 Å². The van der Waals surface area contributed by atoms with Gasteiger partial charge < -0.3 is 5.32 Å². The van der Waals surface area contributed by atoms with E-state index < -0.39 is 15.3 Å². The van der Waals surface area contributed by atoms with E-state index in [-0.39, 0.29) is 0 Å². The molecule has 2 N–H and O–H groups in total. The van der Waals surface area contributed by atoms with Crippen molar-refractivity contribution in [1.29, 1.82) is 0 Å². The van der Waals surface area contributed by atoms with Gasteiger partial charge in [-0.05, 0) is 50.9 Å². The number of pyridine rings is 1. The second-order valence-corrected chi connectivity index (χ2v) is 7.07. The first-order valence-corrected chi connectivity index (χ1v) is 8.24. The molecule has 0 aromatic carbocycles. The maximum Gasteiger partial charge on any atom is 0.219 e. The molecule has 2 rings (SSSR count). The van der Waals surface area contributed by atoms with Crippen molar-refractivity contribution in [1.82, 2.24) is 15.0 Å². The lowest BCUT2D eigenvalue weighted by molar-refractivity contribution is 0.372. The highest BCUT2D eigenvalue weighted by Gasteiger charge is 2.24. The van der Waals surface area contributed by atoms with E-state index in [1.807, 2.05) is 0 Å². The van der Waals surface area contributed by atoms with Crippen LogP contribution in [0.4, 0.5) is 0 Å². The fourth-order valence-corrected chi connectivity index (χ4v) is 3.40. The average molecular weight is 283 g/mol. The van der Waals surface area contributed by atoms with E-state index in [1.54, 1.807) is 31.3 Å². The van der Waals surface area contributed by atoms with Gasteiger partial charge in [-0.1, -0.05) is 6.07 Å². The SMILES string of the molecule is C[C@@H](c1ccccn1)S(=O)(=O)NCC1CCNCC1. The van der Waals surface area contributed by atoms with Gasteiger partial charge in [-0.15, -0.1) is 0 Å². The van der Waals surface area contributed by atoms with Crippen LogP contribution in [0.3, 0.4) is 0 Å². The summed E-state index contributed by atoms with van der Waals surface area (Å²) in [5.74, 6) is 0.437. The molecule has 5 nitrogen and oxygen atoms in total. The normalized spacial score (nSPS) is 19.2. The minimum Gasteiger partial charge on any atom is -0.317 e. The number of nitrogens with zero attached hydrogens (tertiary/aromatic N) is 1. The summed E-state index contributed by atoms with van der Waals surface area (Å²) in [7, 11) is -3.35. The summed E-state index contributed by atoms with van der Waals surface area (Å²) in [4.78, 5) is 4.11. The molecular weight excluding hydrogens is 262 g/mol. The molecule has 0 saturated carbocycles. The molecule has 1 saturated heterocycles. The lowest BCUT2D eigenvalue weighted by Gasteiger charge is -2.23. The Labute approximate surface area is 114 Å². The topological polar surface area (TPSA) is 71.1 Å². The van der Waals surface area contributed by atoms with Crippen molar-refractivity contribution in [2.75, 3.05) is 19.6 Å². The molecule has 1 aromatic rings. The van der Waals surface area contributed by atoms with Gasteiger partial charge in [-0.2, -0.15) is 0 Å². The molecule has 0 bridgehead atoms. The molecular formula is C13H21N3O2S. The van der Waals surface area contributed by atoms with Crippen LogP contribution in [0.2, 0.25) is 0 Å². The van der Waals surface area contributed by atoms with Gasteiger partial charge in [0.25, 0.3) is 0 Å². The molecule has 1 atom stereocenters. The zero-order valence-electron chi connectivity index (χ0n) is 11.2. The summed E-state index contributed by atoms with van der Waals surface area (Å²) in [5.41, 5.74) is 0.584. The Kier molecular flexibility index (Phi) is 4.90. The molecule has 19 heavy (non-hydrogen) atoms. The summed E-state index contributed by atoms with van der Waals surface area (Å²) < 4.78 is 27.1. The molecule has 1 fully saturated rings. The van der Waals surface area contributed by atoms with Crippen LogP contribution in [0.5, 0.6) is 0 Å². The Morgan fingerprint density at radius 1 is 1.42 bits per heavy atom. The van der Waals surface area contributed by atoms with E-state index >= 15 is 0 Å². The van der Waals surface area contributed by atoms with Gasteiger partial charge in [0.2, 0.25) is 10.0 Å². The molecule has 1 aromatic heterocycles. The summed E-state index contributed by atoms with van der Waals surface area (Å²) in [6, 6.07) is 5.33. The Bertz CT molecular complexity index is 484. The zero-order chi connectivity index (χ0) is 13.7. The van der Waals surface area contributed by atoms with Gasteiger partial charge in [0.05, 0.1) is 5.69 Å².